The molecule has 0 aliphatic rings. The molecular formula is C14H20ClF. The van der Waals surface area contributed by atoms with E-state index >= 15 is 0 Å². The van der Waals surface area contributed by atoms with Gasteiger partial charge in [0.2, 0.25) is 0 Å². The molecule has 0 aromatic heterocycles. The molecule has 2 heteroatoms. The third-order valence-electron chi connectivity index (χ3n) is 3.02. The van der Waals surface area contributed by atoms with Crippen molar-refractivity contribution >= 4 is 11.6 Å². The standard InChI is InChI=1S/C14H20ClF/c1-5-6-9(2)13(15)12-7-10(3)14(16)11(4)8-12/h7-9,13H,5-6H2,1-4H3. The van der Waals surface area contributed by atoms with Gasteiger partial charge in [0.1, 0.15) is 5.82 Å². The first-order chi connectivity index (χ1) is 7.47. The summed E-state index contributed by atoms with van der Waals surface area (Å²) in [6, 6.07) is 3.73. The van der Waals surface area contributed by atoms with Crippen LogP contribution in [0.25, 0.3) is 0 Å². The van der Waals surface area contributed by atoms with E-state index in [2.05, 4.69) is 13.8 Å². The molecule has 0 saturated heterocycles. The van der Waals surface area contributed by atoms with E-state index in [1.54, 1.807) is 13.8 Å². The van der Waals surface area contributed by atoms with Crippen LogP contribution in [0.1, 0.15) is 48.8 Å². The van der Waals surface area contributed by atoms with Gasteiger partial charge in [-0.3, -0.25) is 0 Å². The van der Waals surface area contributed by atoms with Crippen molar-refractivity contribution in [2.24, 2.45) is 5.92 Å². The second-order valence-electron chi connectivity index (χ2n) is 4.64. The van der Waals surface area contributed by atoms with E-state index in [1.807, 2.05) is 12.1 Å². The fraction of sp³-hybridized carbons (Fsp3) is 0.571. The Bertz CT molecular complexity index is 337. The number of rotatable bonds is 4. The Kier molecular flexibility index (Phi) is 4.79. The summed E-state index contributed by atoms with van der Waals surface area (Å²) in [6.45, 7) is 7.89. The van der Waals surface area contributed by atoms with Crippen molar-refractivity contribution in [3.8, 4) is 0 Å². The fourth-order valence-electron chi connectivity index (χ4n) is 2.07. The molecule has 1 rings (SSSR count). The van der Waals surface area contributed by atoms with E-state index in [4.69, 9.17) is 11.6 Å². The van der Waals surface area contributed by atoms with Gasteiger partial charge in [-0.1, -0.05) is 32.4 Å². The summed E-state index contributed by atoms with van der Waals surface area (Å²) in [6.07, 6.45) is 2.23. The Morgan fingerprint density at radius 3 is 2.19 bits per heavy atom. The van der Waals surface area contributed by atoms with Gasteiger partial charge in [-0.05, 0) is 42.9 Å². The minimum atomic E-state index is -0.115. The smallest absolute Gasteiger partial charge is 0.129 e. The van der Waals surface area contributed by atoms with Crippen molar-refractivity contribution in [3.05, 3.63) is 34.6 Å². The molecule has 16 heavy (non-hydrogen) atoms. The minimum absolute atomic E-state index is 0.0158. The summed E-state index contributed by atoms with van der Waals surface area (Å²) in [5.74, 6) is 0.312. The van der Waals surface area contributed by atoms with Crippen LogP contribution >= 0.6 is 11.6 Å². The van der Waals surface area contributed by atoms with E-state index in [0.717, 1.165) is 18.4 Å². The van der Waals surface area contributed by atoms with Crippen molar-refractivity contribution in [2.75, 3.05) is 0 Å². The van der Waals surface area contributed by atoms with Crippen LogP contribution in [0.3, 0.4) is 0 Å². The van der Waals surface area contributed by atoms with E-state index in [9.17, 15) is 4.39 Å². The van der Waals surface area contributed by atoms with Gasteiger partial charge in [-0.2, -0.15) is 0 Å². The molecule has 90 valence electrons. The lowest BCUT2D eigenvalue weighted by Crippen LogP contribution is -2.05. The summed E-state index contributed by atoms with van der Waals surface area (Å²) < 4.78 is 13.5. The highest BCUT2D eigenvalue weighted by molar-refractivity contribution is 6.21. The number of hydrogen-bond acceptors (Lipinski definition) is 0. The van der Waals surface area contributed by atoms with Crippen LogP contribution in [0.15, 0.2) is 12.1 Å². The molecule has 1 aromatic carbocycles. The van der Waals surface area contributed by atoms with Gasteiger partial charge in [-0.25, -0.2) is 4.39 Å². The third-order valence-corrected chi connectivity index (χ3v) is 3.70. The molecule has 2 atom stereocenters. The number of halogens is 2. The van der Waals surface area contributed by atoms with Crippen molar-refractivity contribution in [3.63, 3.8) is 0 Å². The predicted octanol–water partition coefficient (Wildman–Crippen LogP) is 5.16. The molecular weight excluding hydrogens is 223 g/mol. The van der Waals surface area contributed by atoms with Crippen LogP contribution in [0.5, 0.6) is 0 Å². The Balaban J connectivity index is 2.96. The quantitative estimate of drug-likeness (QED) is 0.640. The van der Waals surface area contributed by atoms with E-state index < -0.39 is 0 Å². The number of benzene rings is 1. The molecule has 0 aliphatic carbocycles. The largest absolute Gasteiger partial charge is 0.206 e. The number of hydrogen-bond donors (Lipinski definition) is 0. The molecule has 0 N–H and O–H groups in total. The van der Waals surface area contributed by atoms with Crippen LogP contribution in [0, 0.1) is 25.6 Å². The second-order valence-corrected chi connectivity index (χ2v) is 5.11. The molecule has 0 aliphatic heterocycles. The van der Waals surface area contributed by atoms with Crippen LogP contribution < -0.4 is 0 Å². The summed E-state index contributed by atoms with van der Waals surface area (Å²) in [4.78, 5) is 0. The maximum absolute atomic E-state index is 13.5. The Morgan fingerprint density at radius 2 is 1.75 bits per heavy atom. The molecule has 0 fully saturated rings. The van der Waals surface area contributed by atoms with Gasteiger partial charge in [0, 0.05) is 0 Å². The number of alkyl halides is 1. The lowest BCUT2D eigenvalue weighted by Gasteiger charge is -2.19. The Hall–Kier alpha value is -0.560. The predicted molar refractivity (Wildman–Crippen MR) is 68.5 cm³/mol. The fourth-order valence-corrected chi connectivity index (χ4v) is 2.32. The van der Waals surface area contributed by atoms with Gasteiger partial charge >= 0.3 is 0 Å². The molecule has 0 bridgehead atoms. The van der Waals surface area contributed by atoms with Crippen LogP contribution in [0.2, 0.25) is 0 Å². The van der Waals surface area contributed by atoms with Gasteiger partial charge < -0.3 is 0 Å². The maximum Gasteiger partial charge on any atom is 0.129 e. The van der Waals surface area contributed by atoms with Gasteiger partial charge in [0.05, 0.1) is 5.38 Å². The summed E-state index contributed by atoms with van der Waals surface area (Å²) in [5.41, 5.74) is 2.41. The van der Waals surface area contributed by atoms with E-state index in [-0.39, 0.29) is 11.2 Å². The molecule has 0 nitrogen and oxygen atoms in total. The molecule has 0 spiro atoms. The van der Waals surface area contributed by atoms with Crippen LogP contribution in [-0.2, 0) is 0 Å². The summed E-state index contributed by atoms with van der Waals surface area (Å²) >= 11 is 6.41. The SMILES string of the molecule is CCCC(C)C(Cl)c1cc(C)c(F)c(C)c1. The average molecular weight is 243 g/mol. The minimum Gasteiger partial charge on any atom is -0.206 e. The normalized spacial score (nSPS) is 14.9. The zero-order valence-electron chi connectivity index (χ0n) is 10.5. The van der Waals surface area contributed by atoms with Crippen molar-refractivity contribution in [1.82, 2.24) is 0 Å². The molecule has 0 heterocycles. The van der Waals surface area contributed by atoms with Gasteiger partial charge in [-0.15, -0.1) is 11.6 Å². The first kappa shape index (κ1) is 13.5. The lowest BCUT2D eigenvalue weighted by atomic mass is 9.94. The monoisotopic (exact) mass is 242 g/mol. The molecule has 1 aromatic rings. The second kappa shape index (κ2) is 5.67. The molecule has 0 saturated carbocycles. The van der Waals surface area contributed by atoms with E-state index in [1.165, 1.54) is 0 Å². The lowest BCUT2D eigenvalue weighted by molar-refractivity contribution is 0.506. The molecule has 2 unspecified atom stereocenters. The molecule has 0 amide bonds. The zero-order valence-corrected chi connectivity index (χ0v) is 11.2. The Labute approximate surface area is 103 Å². The average Bonchev–Trinajstić information content (AvgIpc) is 2.24. The van der Waals surface area contributed by atoms with Crippen molar-refractivity contribution in [1.29, 1.82) is 0 Å². The zero-order chi connectivity index (χ0) is 12.3. The molecule has 0 radical (unpaired) electrons. The van der Waals surface area contributed by atoms with Gasteiger partial charge in [0.15, 0.2) is 0 Å². The van der Waals surface area contributed by atoms with E-state index in [0.29, 0.717) is 17.0 Å². The highest BCUT2D eigenvalue weighted by atomic mass is 35.5. The van der Waals surface area contributed by atoms with Crippen LogP contribution in [-0.4, -0.2) is 0 Å². The maximum atomic E-state index is 13.5. The summed E-state index contributed by atoms with van der Waals surface area (Å²) in [7, 11) is 0. The summed E-state index contributed by atoms with van der Waals surface area (Å²) in [5, 5.41) is -0.0158. The highest BCUT2D eigenvalue weighted by Crippen LogP contribution is 2.33. The van der Waals surface area contributed by atoms with Crippen molar-refractivity contribution < 1.29 is 4.39 Å². The third kappa shape index (κ3) is 2.98. The van der Waals surface area contributed by atoms with Crippen molar-refractivity contribution in [2.45, 2.75) is 45.9 Å². The topological polar surface area (TPSA) is 0 Å². The first-order valence-electron chi connectivity index (χ1n) is 5.88. The first-order valence-corrected chi connectivity index (χ1v) is 6.31. The van der Waals surface area contributed by atoms with Crippen LogP contribution in [0.4, 0.5) is 4.39 Å². The highest BCUT2D eigenvalue weighted by Gasteiger charge is 2.17. The Morgan fingerprint density at radius 1 is 1.25 bits per heavy atom. The number of aryl methyl sites for hydroxylation is 2. The van der Waals surface area contributed by atoms with Gasteiger partial charge in [0.25, 0.3) is 0 Å².